The SMILES string of the molecule is CN=C(C(=O)NC1(CO)CCOCC1)c1cc(OCc2cccnc2C(F)(F)F)ccc1N. The Morgan fingerprint density at radius 3 is 2.70 bits per heavy atom. The number of halogens is 3. The standard InChI is InChI=1S/C22H25F3N4O4/c1-27-18(20(31)29-21(13-30)6-9-32-10-7-21)16-11-15(4-5-17(16)26)33-12-14-3-2-8-28-19(14)22(23,24)25/h2-5,8,11,30H,6-7,9-10,12-13,26H2,1H3,(H,29,31). The van der Waals surface area contributed by atoms with Crippen molar-refractivity contribution in [2.24, 2.45) is 4.99 Å². The Bertz CT molecular complexity index is 1020. The quantitative estimate of drug-likeness (QED) is 0.426. The third-order valence-electron chi connectivity index (χ3n) is 5.40. The molecular formula is C22H25F3N4O4. The first-order valence-corrected chi connectivity index (χ1v) is 10.2. The highest BCUT2D eigenvalue weighted by molar-refractivity contribution is 6.46. The number of nitrogens with two attached hydrogens (primary N) is 1. The lowest BCUT2D eigenvalue weighted by atomic mass is 9.90. The average molecular weight is 466 g/mol. The van der Waals surface area contributed by atoms with E-state index in [1.807, 2.05) is 0 Å². The van der Waals surface area contributed by atoms with Crippen LogP contribution in [0.1, 0.15) is 29.7 Å². The molecule has 0 atom stereocenters. The van der Waals surface area contributed by atoms with Gasteiger partial charge in [0, 0.05) is 43.3 Å². The Hall–Kier alpha value is -3.18. The first-order chi connectivity index (χ1) is 15.7. The van der Waals surface area contributed by atoms with E-state index < -0.39 is 23.3 Å². The molecule has 4 N–H and O–H groups in total. The molecule has 8 nitrogen and oxygen atoms in total. The smallest absolute Gasteiger partial charge is 0.433 e. The predicted octanol–water partition coefficient (Wildman–Crippen LogP) is 2.34. The molecule has 11 heteroatoms. The van der Waals surface area contributed by atoms with Gasteiger partial charge >= 0.3 is 6.18 Å². The maximum atomic E-state index is 13.2. The first-order valence-electron chi connectivity index (χ1n) is 10.2. The van der Waals surface area contributed by atoms with Gasteiger partial charge in [0.05, 0.1) is 12.1 Å². The molecule has 1 saturated heterocycles. The number of nitrogens with zero attached hydrogens (tertiary/aromatic N) is 2. The zero-order valence-electron chi connectivity index (χ0n) is 18.0. The van der Waals surface area contributed by atoms with Gasteiger partial charge in [0.15, 0.2) is 5.69 Å². The number of carbonyl (C=O) groups excluding carboxylic acids is 1. The van der Waals surface area contributed by atoms with E-state index in [9.17, 15) is 23.1 Å². The number of alkyl halides is 3. The van der Waals surface area contributed by atoms with Crippen molar-refractivity contribution in [2.45, 2.75) is 31.2 Å². The van der Waals surface area contributed by atoms with Gasteiger partial charge in [0.25, 0.3) is 5.91 Å². The van der Waals surface area contributed by atoms with Gasteiger partial charge in [-0.3, -0.25) is 14.8 Å². The fourth-order valence-corrected chi connectivity index (χ4v) is 3.53. The normalized spacial score (nSPS) is 16.3. The minimum Gasteiger partial charge on any atom is -0.489 e. The number of aliphatic imine (C=N–C) groups is 1. The van der Waals surface area contributed by atoms with Crippen LogP contribution in [-0.4, -0.2) is 54.1 Å². The summed E-state index contributed by atoms with van der Waals surface area (Å²) in [6.45, 7) is 0.160. The molecule has 1 aliphatic heterocycles. The summed E-state index contributed by atoms with van der Waals surface area (Å²) in [5.74, 6) is -0.336. The number of aliphatic hydroxyl groups excluding tert-OH is 1. The zero-order valence-corrected chi connectivity index (χ0v) is 18.0. The van der Waals surface area contributed by atoms with E-state index in [4.69, 9.17) is 15.2 Å². The molecule has 1 aromatic heterocycles. The number of anilines is 1. The van der Waals surface area contributed by atoms with Crippen LogP contribution in [0.3, 0.4) is 0 Å². The summed E-state index contributed by atoms with van der Waals surface area (Å²) in [6, 6.07) is 7.08. The van der Waals surface area contributed by atoms with Crippen LogP contribution >= 0.6 is 0 Å². The first kappa shape index (κ1) is 24.5. The van der Waals surface area contributed by atoms with E-state index >= 15 is 0 Å². The third-order valence-corrected chi connectivity index (χ3v) is 5.40. The van der Waals surface area contributed by atoms with Crippen molar-refractivity contribution in [2.75, 3.05) is 32.6 Å². The van der Waals surface area contributed by atoms with Crippen molar-refractivity contribution in [1.29, 1.82) is 0 Å². The summed E-state index contributed by atoms with van der Waals surface area (Å²) < 4.78 is 50.3. The summed E-state index contributed by atoms with van der Waals surface area (Å²) in [5.41, 5.74) is 4.56. The molecule has 2 heterocycles. The van der Waals surface area contributed by atoms with Gasteiger partial charge in [-0.1, -0.05) is 6.07 Å². The number of nitrogen functional groups attached to an aromatic ring is 1. The minimum atomic E-state index is -4.61. The van der Waals surface area contributed by atoms with Crippen molar-refractivity contribution in [3.8, 4) is 5.75 Å². The molecule has 1 aliphatic rings. The van der Waals surface area contributed by atoms with E-state index in [0.717, 1.165) is 6.20 Å². The molecule has 0 radical (unpaired) electrons. The molecule has 178 valence electrons. The van der Waals surface area contributed by atoms with Gasteiger partial charge in [0.1, 0.15) is 18.1 Å². The summed E-state index contributed by atoms with van der Waals surface area (Å²) in [6.07, 6.45) is -2.66. The van der Waals surface area contributed by atoms with Gasteiger partial charge in [0.2, 0.25) is 0 Å². The van der Waals surface area contributed by atoms with Crippen LogP contribution in [0.5, 0.6) is 5.75 Å². The number of amides is 1. The molecule has 0 bridgehead atoms. The summed E-state index contributed by atoms with van der Waals surface area (Å²) >= 11 is 0. The molecule has 3 rings (SSSR count). The summed E-state index contributed by atoms with van der Waals surface area (Å²) in [5, 5.41) is 12.7. The van der Waals surface area contributed by atoms with Crippen molar-refractivity contribution < 1.29 is 32.5 Å². The number of aliphatic hydroxyl groups is 1. The predicted molar refractivity (Wildman–Crippen MR) is 115 cm³/mol. The zero-order chi connectivity index (χ0) is 24.1. The maximum absolute atomic E-state index is 13.2. The molecule has 33 heavy (non-hydrogen) atoms. The molecule has 0 aliphatic carbocycles. The van der Waals surface area contributed by atoms with E-state index in [1.54, 1.807) is 0 Å². The van der Waals surface area contributed by atoms with Gasteiger partial charge in [-0.2, -0.15) is 13.2 Å². The van der Waals surface area contributed by atoms with Crippen LogP contribution in [0.25, 0.3) is 0 Å². The van der Waals surface area contributed by atoms with Crippen molar-refractivity contribution in [3.05, 3.63) is 53.3 Å². The fourth-order valence-electron chi connectivity index (χ4n) is 3.53. The Balaban J connectivity index is 1.80. The van der Waals surface area contributed by atoms with Gasteiger partial charge < -0.3 is 25.6 Å². The molecule has 2 aromatic rings. The Morgan fingerprint density at radius 1 is 1.33 bits per heavy atom. The van der Waals surface area contributed by atoms with Crippen molar-refractivity contribution >= 4 is 17.3 Å². The highest BCUT2D eigenvalue weighted by Gasteiger charge is 2.36. The van der Waals surface area contributed by atoms with Crippen LogP contribution in [-0.2, 0) is 22.3 Å². The second kappa shape index (κ2) is 10.2. The maximum Gasteiger partial charge on any atom is 0.433 e. The third kappa shape index (κ3) is 5.79. The molecule has 0 saturated carbocycles. The summed E-state index contributed by atoms with van der Waals surface area (Å²) in [7, 11) is 1.42. The molecule has 1 aromatic carbocycles. The number of pyridine rings is 1. The monoisotopic (exact) mass is 466 g/mol. The lowest BCUT2D eigenvalue weighted by molar-refractivity contribution is -0.142. The number of nitrogens with one attached hydrogen (secondary N) is 1. The van der Waals surface area contributed by atoms with E-state index in [0.29, 0.717) is 26.1 Å². The van der Waals surface area contributed by atoms with E-state index in [1.165, 1.54) is 37.4 Å². The van der Waals surface area contributed by atoms with Crippen LogP contribution < -0.4 is 15.8 Å². The fraction of sp³-hybridized carbons (Fsp3) is 0.409. The average Bonchev–Trinajstić information content (AvgIpc) is 2.80. The van der Waals surface area contributed by atoms with Crippen LogP contribution in [0.15, 0.2) is 41.5 Å². The number of rotatable bonds is 7. The van der Waals surface area contributed by atoms with Gasteiger partial charge in [-0.05, 0) is 37.1 Å². The van der Waals surface area contributed by atoms with E-state index in [2.05, 4.69) is 15.3 Å². The largest absolute Gasteiger partial charge is 0.489 e. The van der Waals surface area contributed by atoms with Crippen LogP contribution in [0.2, 0.25) is 0 Å². The van der Waals surface area contributed by atoms with Crippen LogP contribution in [0, 0.1) is 0 Å². The van der Waals surface area contributed by atoms with Crippen molar-refractivity contribution in [1.82, 2.24) is 10.3 Å². The number of carbonyl (C=O) groups is 1. The number of benzene rings is 1. The van der Waals surface area contributed by atoms with Crippen molar-refractivity contribution in [3.63, 3.8) is 0 Å². The molecular weight excluding hydrogens is 441 g/mol. The number of ether oxygens (including phenoxy) is 2. The molecule has 0 unspecified atom stereocenters. The lowest BCUT2D eigenvalue weighted by Crippen LogP contribution is -2.56. The second-order valence-corrected chi connectivity index (χ2v) is 7.62. The van der Waals surface area contributed by atoms with Gasteiger partial charge in [-0.25, -0.2) is 0 Å². The number of aromatic nitrogens is 1. The molecule has 1 fully saturated rings. The molecule has 0 spiro atoms. The summed E-state index contributed by atoms with van der Waals surface area (Å²) in [4.78, 5) is 20.4. The Kier molecular flexibility index (Phi) is 7.54. The minimum absolute atomic E-state index is 0.00891. The van der Waals surface area contributed by atoms with Crippen LogP contribution in [0.4, 0.5) is 18.9 Å². The van der Waals surface area contributed by atoms with E-state index in [-0.39, 0.29) is 41.5 Å². The highest BCUT2D eigenvalue weighted by Crippen LogP contribution is 2.31. The topological polar surface area (TPSA) is 119 Å². The number of hydrogen-bond acceptors (Lipinski definition) is 7. The highest BCUT2D eigenvalue weighted by atomic mass is 19.4. The Labute approximate surface area is 188 Å². The second-order valence-electron chi connectivity index (χ2n) is 7.62. The molecule has 1 amide bonds. The van der Waals surface area contributed by atoms with Gasteiger partial charge in [-0.15, -0.1) is 0 Å². The Morgan fingerprint density at radius 2 is 2.06 bits per heavy atom. The number of hydrogen-bond donors (Lipinski definition) is 3. The lowest BCUT2D eigenvalue weighted by Gasteiger charge is -2.36.